The Kier molecular flexibility index (Phi) is 3.55. The number of aliphatic hydroxyl groups excluding tert-OH is 1. The van der Waals surface area contributed by atoms with E-state index in [1.54, 1.807) is 12.3 Å². The lowest BCUT2D eigenvalue weighted by Crippen LogP contribution is -2.33. The summed E-state index contributed by atoms with van der Waals surface area (Å²) in [5.41, 5.74) is 0.810. The van der Waals surface area contributed by atoms with E-state index < -0.39 is 6.10 Å². The normalized spacial score (nSPS) is 21.4. The van der Waals surface area contributed by atoms with Gasteiger partial charge in [0.15, 0.2) is 0 Å². The molecule has 1 aromatic rings. The van der Waals surface area contributed by atoms with Crippen molar-refractivity contribution in [1.82, 2.24) is 9.78 Å². The fourth-order valence-corrected chi connectivity index (χ4v) is 2.69. The highest BCUT2D eigenvalue weighted by atomic mass is 16.3. The third kappa shape index (κ3) is 2.97. The van der Waals surface area contributed by atoms with Gasteiger partial charge in [0.05, 0.1) is 24.5 Å². The Labute approximate surface area is 112 Å². The van der Waals surface area contributed by atoms with Gasteiger partial charge in [0.2, 0.25) is 0 Å². The molecule has 0 radical (unpaired) electrons. The van der Waals surface area contributed by atoms with Gasteiger partial charge in [0, 0.05) is 19.2 Å². The Morgan fingerprint density at radius 1 is 1.32 bits per heavy atom. The molecule has 1 aliphatic heterocycles. The van der Waals surface area contributed by atoms with Crippen LogP contribution in [0.15, 0.2) is 17.1 Å². The fourth-order valence-electron chi connectivity index (χ4n) is 2.69. The van der Waals surface area contributed by atoms with E-state index in [2.05, 4.69) is 10.00 Å². The summed E-state index contributed by atoms with van der Waals surface area (Å²) >= 11 is 0. The second kappa shape index (κ2) is 5.33. The second-order valence-corrected chi connectivity index (χ2v) is 5.69. The molecule has 1 atom stereocenters. The van der Waals surface area contributed by atoms with Gasteiger partial charge in [-0.25, -0.2) is 4.68 Å². The molecule has 1 N–H and O–H groups in total. The Balaban J connectivity index is 1.71. The lowest BCUT2D eigenvalue weighted by Gasteiger charge is -2.28. The van der Waals surface area contributed by atoms with E-state index in [9.17, 15) is 9.90 Å². The van der Waals surface area contributed by atoms with Crippen molar-refractivity contribution in [2.75, 3.05) is 18.0 Å². The first-order chi connectivity index (χ1) is 9.24. The second-order valence-electron chi connectivity index (χ2n) is 5.69. The Bertz CT molecular complexity index is 490. The lowest BCUT2D eigenvalue weighted by molar-refractivity contribution is 0.125. The molecule has 1 saturated heterocycles. The van der Waals surface area contributed by atoms with Crippen molar-refractivity contribution in [3.63, 3.8) is 0 Å². The predicted molar refractivity (Wildman–Crippen MR) is 73.3 cm³/mol. The van der Waals surface area contributed by atoms with Crippen molar-refractivity contribution in [1.29, 1.82) is 0 Å². The van der Waals surface area contributed by atoms with Crippen molar-refractivity contribution in [2.24, 2.45) is 5.92 Å². The van der Waals surface area contributed by atoms with E-state index in [1.165, 1.54) is 23.9 Å². The predicted octanol–water partition coefficient (Wildman–Crippen LogP) is 1.00. The Morgan fingerprint density at radius 2 is 2.05 bits per heavy atom. The van der Waals surface area contributed by atoms with Crippen LogP contribution in [0.25, 0.3) is 0 Å². The third-order valence-electron chi connectivity index (χ3n) is 4.10. The van der Waals surface area contributed by atoms with Crippen LogP contribution in [0.2, 0.25) is 0 Å². The zero-order valence-electron chi connectivity index (χ0n) is 11.2. The molecule has 1 saturated carbocycles. The van der Waals surface area contributed by atoms with Crippen molar-refractivity contribution in [3.05, 3.63) is 22.6 Å². The first-order valence-corrected chi connectivity index (χ1v) is 7.24. The maximum absolute atomic E-state index is 12.0. The summed E-state index contributed by atoms with van der Waals surface area (Å²) in [6.07, 6.45) is 7.11. The van der Waals surface area contributed by atoms with E-state index in [1.807, 2.05) is 0 Å². The van der Waals surface area contributed by atoms with Crippen LogP contribution in [0, 0.1) is 5.92 Å². The van der Waals surface area contributed by atoms with Crippen LogP contribution in [0.5, 0.6) is 0 Å². The van der Waals surface area contributed by atoms with E-state index >= 15 is 0 Å². The molecule has 0 amide bonds. The average Bonchev–Trinajstić information content (AvgIpc) is 3.26. The largest absolute Gasteiger partial charge is 0.391 e. The summed E-state index contributed by atoms with van der Waals surface area (Å²) < 4.78 is 1.39. The standard InChI is InChI=1S/C14H21N3O2/c18-13(11-4-5-11)10-17-14(19)8-12(9-15-17)16-6-2-1-3-7-16/h8-9,11,13,18H,1-7,10H2. The zero-order chi connectivity index (χ0) is 13.2. The molecule has 2 aliphatic rings. The smallest absolute Gasteiger partial charge is 0.268 e. The highest BCUT2D eigenvalue weighted by Crippen LogP contribution is 2.32. The van der Waals surface area contributed by atoms with Crippen molar-refractivity contribution >= 4 is 5.69 Å². The van der Waals surface area contributed by atoms with Gasteiger partial charge in [0.1, 0.15) is 0 Å². The number of hydrogen-bond acceptors (Lipinski definition) is 4. The van der Waals surface area contributed by atoms with Crippen LogP contribution in [0.4, 0.5) is 5.69 Å². The molecule has 1 aliphatic carbocycles. The van der Waals surface area contributed by atoms with Gasteiger partial charge in [-0.05, 0) is 38.0 Å². The number of rotatable bonds is 4. The lowest BCUT2D eigenvalue weighted by atomic mass is 10.1. The van der Waals surface area contributed by atoms with Crippen molar-refractivity contribution < 1.29 is 5.11 Å². The van der Waals surface area contributed by atoms with E-state index in [4.69, 9.17) is 0 Å². The molecule has 2 heterocycles. The molecule has 0 aromatic carbocycles. The minimum absolute atomic E-state index is 0.109. The van der Waals surface area contributed by atoms with E-state index in [0.717, 1.165) is 31.6 Å². The van der Waals surface area contributed by atoms with Crippen LogP contribution in [0.3, 0.4) is 0 Å². The molecule has 0 spiro atoms. The quantitative estimate of drug-likeness (QED) is 0.880. The SMILES string of the molecule is O=c1cc(N2CCCCC2)cnn1CC(O)C1CC1. The molecule has 2 fully saturated rings. The molecule has 1 aromatic heterocycles. The maximum atomic E-state index is 12.0. The fraction of sp³-hybridized carbons (Fsp3) is 0.714. The van der Waals surface area contributed by atoms with Gasteiger partial charge in [-0.1, -0.05) is 0 Å². The van der Waals surface area contributed by atoms with Gasteiger partial charge in [-0.15, -0.1) is 0 Å². The molecule has 0 bridgehead atoms. The van der Waals surface area contributed by atoms with Crippen LogP contribution in [0.1, 0.15) is 32.1 Å². The van der Waals surface area contributed by atoms with E-state index in [0.29, 0.717) is 12.5 Å². The van der Waals surface area contributed by atoms with E-state index in [-0.39, 0.29) is 5.56 Å². The number of hydrogen-bond donors (Lipinski definition) is 1. The molecule has 5 nitrogen and oxygen atoms in total. The Morgan fingerprint density at radius 3 is 2.68 bits per heavy atom. The monoisotopic (exact) mass is 263 g/mol. The minimum Gasteiger partial charge on any atom is -0.391 e. The number of aromatic nitrogens is 2. The number of aliphatic hydroxyl groups is 1. The van der Waals surface area contributed by atoms with Gasteiger partial charge >= 0.3 is 0 Å². The molecule has 1 unspecified atom stereocenters. The summed E-state index contributed by atoms with van der Waals surface area (Å²) in [5, 5.41) is 14.1. The van der Waals surface area contributed by atoms with Crippen LogP contribution < -0.4 is 10.5 Å². The van der Waals surface area contributed by atoms with Gasteiger partial charge in [0.25, 0.3) is 5.56 Å². The number of anilines is 1. The first-order valence-electron chi connectivity index (χ1n) is 7.24. The average molecular weight is 263 g/mol. The maximum Gasteiger partial charge on any atom is 0.268 e. The van der Waals surface area contributed by atoms with Crippen LogP contribution in [-0.4, -0.2) is 34.1 Å². The number of piperidine rings is 1. The highest BCUT2D eigenvalue weighted by Gasteiger charge is 2.30. The summed E-state index contributed by atoms with van der Waals surface area (Å²) in [6.45, 7) is 2.34. The van der Waals surface area contributed by atoms with Gasteiger partial charge in [-0.3, -0.25) is 4.79 Å². The van der Waals surface area contributed by atoms with Gasteiger partial charge in [-0.2, -0.15) is 5.10 Å². The molecular weight excluding hydrogens is 242 g/mol. The minimum atomic E-state index is -0.425. The first kappa shape index (κ1) is 12.7. The van der Waals surface area contributed by atoms with Crippen LogP contribution >= 0.6 is 0 Å². The van der Waals surface area contributed by atoms with Gasteiger partial charge < -0.3 is 10.0 Å². The molecule has 104 valence electrons. The van der Waals surface area contributed by atoms with Crippen molar-refractivity contribution in [2.45, 2.75) is 44.8 Å². The summed E-state index contributed by atoms with van der Waals surface area (Å²) in [4.78, 5) is 14.2. The molecular formula is C14H21N3O2. The van der Waals surface area contributed by atoms with Crippen LogP contribution in [-0.2, 0) is 6.54 Å². The summed E-state index contributed by atoms with van der Waals surface area (Å²) in [5.74, 6) is 0.371. The summed E-state index contributed by atoms with van der Waals surface area (Å²) in [6, 6.07) is 1.65. The topological polar surface area (TPSA) is 58.4 Å². The highest BCUT2D eigenvalue weighted by molar-refractivity contribution is 5.43. The number of nitrogens with zero attached hydrogens (tertiary/aromatic N) is 3. The zero-order valence-corrected chi connectivity index (χ0v) is 11.2. The Hall–Kier alpha value is -1.36. The third-order valence-corrected chi connectivity index (χ3v) is 4.10. The summed E-state index contributed by atoms with van der Waals surface area (Å²) in [7, 11) is 0. The molecule has 3 rings (SSSR count). The molecule has 5 heteroatoms. The van der Waals surface area contributed by atoms with Crippen molar-refractivity contribution in [3.8, 4) is 0 Å². The molecule has 19 heavy (non-hydrogen) atoms.